The Balaban J connectivity index is 1.27. The number of hydrogen-bond acceptors (Lipinski definition) is 3. The van der Waals surface area contributed by atoms with Crippen LogP contribution in [0.2, 0.25) is 0 Å². The van der Waals surface area contributed by atoms with Crippen LogP contribution in [0.3, 0.4) is 0 Å². The Kier molecular flexibility index (Phi) is 11.0. The quantitative estimate of drug-likeness (QED) is 0.175. The second kappa shape index (κ2) is 14.4. The van der Waals surface area contributed by atoms with Crippen LogP contribution < -0.4 is 4.74 Å². The van der Waals surface area contributed by atoms with Gasteiger partial charge in [0.2, 0.25) is 0 Å². The maximum atomic E-state index is 6.32. The van der Waals surface area contributed by atoms with Crippen molar-refractivity contribution in [3.63, 3.8) is 0 Å². The van der Waals surface area contributed by atoms with Gasteiger partial charge in [-0.25, -0.2) is 4.98 Å². The van der Waals surface area contributed by atoms with E-state index in [0.717, 1.165) is 35.6 Å². The van der Waals surface area contributed by atoms with Gasteiger partial charge in [0, 0.05) is 28.9 Å². The number of fused-ring (bicyclic) bond motifs is 1. The van der Waals surface area contributed by atoms with Crippen LogP contribution in [0, 0.1) is 11.8 Å². The second-order valence-electron chi connectivity index (χ2n) is 11.8. The molecule has 204 valence electrons. The lowest BCUT2D eigenvalue weighted by Gasteiger charge is -2.31. The molecule has 2 aromatic heterocycles. The van der Waals surface area contributed by atoms with E-state index >= 15 is 0 Å². The molecular weight excluding hydrogens is 472 g/mol. The minimum Gasteiger partial charge on any atom is -0.493 e. The van der Waals surface area contributed by atoms with Crippen molar-refractivity contribution < 1.29 is 4.74 Å². The van der Waals surface area contributed by atoms with Gasteiger partial charge in [-0.3, -0.25) is 4.40 Å². The van der Waals surface area contributed by atoms with E-state index in [4.69, 9.17) is 4.74 Å². The first kappa shape index (κ1) is 28.2. The first-order chi connectivity index (χ1) is 18.1. The number of benzene rings is 1. The normalized spacial score (nSPS) is 19.8. The molecule has 0 aliphatic heterocycles. The summed E-state index contributed by atoms with van der Waals surface area (Å²) in [4.78, 5) is 5.60. The van der Waals surface area contributed by atoms with Gasteiger partial charge in [-0.1, -0.05) is 103 Å². The van der Waals surface area contributed by atoms with Gasteiger partial charge < -0.3 is 4.74 Å². The zero-order valence-corrected chi connectivity index (χ0v) is 24.5. The Morgan fingerprint density at radius 1 is 0.892 bits per heavy atom. The highest BCUT2D eigenvalue weighted by molar-refractivity contribution is 7.15. The third-order valence-electron chi connectivity index (χ3n) is 8.90. The van der Waals surface area contributed by atoms with Gasteiger partial charge in [-0.15, -0.1) is 11.3 Å². The van der Waals surface area contributed by atoms with E-state index in [-0.39, 0.29) is 5.41 Å². The van der Waals surface area contributed by atoms with Crippen LogP contribution >= 0.6 is 11.3 Å². The highest BCUT2D eigenvalue weighted by atomic mass is 32.1. The second-order valence-corrected chi connectivity index (χ2v) is 12.6. The zero-order valence-electron chi connectivity index (χ0n) is 23.7. The van der Waals surface area contributed by atoms with Crippen LogP contribution in [0.1, 0.15) is 128 Å². The summed E-state index contributed by atoms with van der Waals surface area (Å²) >= 11 is 1.74. The van der Waals surface area contributed by atoms with Gasteiger partial charge in [0.05, 0.1) is 6.61 Å². The standard InChI is InChI=1S/C33H50N2OS/c1-4-6-8-9-10-11-13-27-14-16-28(17-15-27)25-36-30-20-18-29(19-21-30)33(3,22-12-7-5-2)31-26-37-32-34-23-24-35(31)32/h18-21,23-24,26-28H,4-17,22,25H2,1-3H3/t27-,28-,33?. The summed E-state index contributed by atoms with van der Waals surface area (Å²) in [6.07, 6.45) is 24.4. The lowest BCUT2D eigenvalue weighted by molar-refractivity contribution is 0.177. The Morgan fingerprint density at radius 3 is 2.32 bits per heavy atom. The van der Waals surface area contributed by atoms with Crippen LogP contribution in [0.4, 0.5) is 0 Å². The molecule has 0 radical (unpaired) electrons. The van der Waals surface area contributed by atoms with Gasteiger partial charge >= 0.3 is 0 Å². The molecule has 4 heteroatoms. The summed E-state index contributed by atoms with van der Waals surface area (Å²) in [6, 6.07) is 9.02. The zero-order chi connectivity index (χ0) is 25.9. The van der Waals surface area contributed by atoms with Crippen molar-refractivity contribution in [2.75, 3.05) is 6.61 Å². The van der Waals surface area contributed by atoms with Crippen LogP contribution in [0.25, 0.3) is 4.96 Å². The molecule has 1 fully saturated rings. The Morgan fingerprint density at radius 2 is 1.57 bits per heavy atom. The molecule has 3 aromatic rings. The highest BCUT2D eigenvalue weighted by Gasteiger charge is 2.32. The largest absolute Gasteiger partial charge is 0.493 e. The van der Waals surface area contributed by atoms with Crippen molar-refractivity contribution in [1.29, 1.82) is 0 Å². The van der Waals surface area contributed by atoms with E-state index in [1.165, 1.54) is 101 Å². The van der Waals surface area contributed by atoms with Crippen molar-refractivity contribution in [3.05, 3.63) is 53.3 Å². The molecular formula is C33H50N2OS. The van der Waals surface area contributed by atoms with Crippen molar-refractivity contribution >= 4 is 16.3 Å². The molecule has 0 bridgehead atoms. The summed E-state index contributed by atoms with van der Waals surface area (Å²) in [5, 5.41) is 2.31. The molecule has 1 unspecified atom stereocenters. The Bertz CT molecular complexity index is 1030. The van der Waals surface area contributed by atoms with E-state index in [1.807, 2.05) is 6.20 Å². The fraction of sp³-hybridized carbons (Fsp3) is 0.667. The molecule has 2 heterocycles. The average molecular weight is 523 g/mol. The molecule has 1 atom stereocenters. The maximum Gasteiger partial charge on any atom is 0.193 e. The van der Waals surface area contributed by atoms with Crippen molar-refractivity contribution in [1.82, 2.24) is 9.38 Å². The molecule has 4 rings (SSSR count). The molecule has 1 aliphatic rings. The van der Waals surface area contributed by atoms with Gasteiger partial charge in [-0.2, -0.15) is 0 Å². The third-order valence-corrected chi connectivity index (χ3v) is 9.75. The van der Waals surface area contributed by atoms with Gasteiger partial charge in [-0.05, 0) is 55.7 Å². The predicted octanol–water partition coefficient (Wildman–Crippen LogP) is 10.2. The van der Waals surface area contributed by atoms with E-state index in [9.17, 15) is 0 Å². The minimum absolute atomic E-state index is 0.0268. The molecule has 1 aliphatic carbocycles. The van der Waals surface area contributed by atoms with Gasteiger partial charge in [0.15, 0.2) is 4.96 Å². The first-order valence-corrected chi connectivity index (χ1v) is 16.2. The summed E-state index contributed by atoms with van der Waals surface area (Å²) in [5.41, 5.74) is 2.70. The Hall–Kier alpha value is -1.81. The molecule has 3 nitrogen and oxygen atoms in total. The summed E-state index contributed by atoms with van der Waals surface area (Å²) in [5.74, 6) is 2.71. The number of thiazole rings is 1. The lowest BCUT2D eigenvalue weighted by atomic mass is 9.75. The Labute approximate surface area is 230 Å². The minimum atomic E-state index is -0.0268. The number of imidazole rings is 1. The molecule has 0 spiro atoms. The van der Waals surface area contributed by atoms with Crippen molar-refractivity contribution in [3.8, 4) is 5.75 Å². The smallest absolute Gasteiger partial charge is 0.193 e. The maximum absolute atomic E-state index is 6.32. The third kappa shape index (κ3) is 7.62. The van der Waals surface area contributed by atoms with E-state index in [0.29, 0.717) is 0 Å². The molecule has 0 saturated heterocycles. The topological polar surface area (TPSA) is 26.5 Å². The molecule has 1 aromatic carbocycles. The molecule has 0 N–H and O–H groups in total. The van der Waals surface area contributed by atoms with E-state index in [2.05, 4.69) is 66.0 Å². The number of aromatic nitrogens is 2. The fourth-order valence-corrected chi connectivity index (χ4v) is 7.29. The summed E-state index contributed by atoms with van der Waals surface area (Å²) in [7, 11) is 0. The van der Waals surface area contributed by atoms with Crippen LogP contribution in [0.15, 0.2) is 42.0 Å². The van der Waals surface area contributed by atoms with E-state index in [1.54, 1.807) is 11.3 Å². The molecule has 1 saturated carbocycles. The number of nitrogens with zero attached hydrogens (tertiary/aromatic N) is 2. The van der Waals surface area contributed by atoms with Crippen molar-refractivity contribution in [2.24, 2.45) is 11.8 Å². The van der Waals surface area contributed by atoms with Crippen LogP contribution in [0.5, 0.6) is 5.75 Å². The molecule has 37 heavy (non-hydrogen) atoms. The van der Waals surface area contributed by atoms with Crippen molar-refractivity contribution in [2.45, 2.75) is 122 Å². The number of hydrogen-bond donors (Lipinski definition) is 0. The monoisotopic (exact) mass is 522 g/mol. The SMILES string of the molecule is CCCCCCCC[C@H]1CC[C@H](COc2ccc(C(C)(CCCCC)c3csc4nccn34)cc2)CC1. The first-order valence-electron chi connectivity index (χ1n) is 15.3. The average Bonchev–Trinajstić information content (AvgIpc) is 3.55. The lowest BCUT2D eigenvalue weighted by Crippen LogP contribution is -2.25. The highest BCUT2D eigenvalue weighted by Crippen LogP contribution is 2.40. The van der Waals surface area contributed by atoms with Crippen LogP contribution in [-0.4, -0.2) is 16.0 Å². The van der Waals surface area contributed by atoms with Gasteiger partial charge in [0.25, 0.3) is 0 Å². The molecule has 0 amide bonds. The number of ether oxygens (including phenoxy) is 1. The number of unbranched alkanes of at least 4 members (excludes halogenated alkanes) is 7. The van der Waals surface area contributed by atoms with Crippen LogP contribution in [-0.2, 0) is 5.41 Å². The summed E-state index contributed by atoms with van der Waals surface area (Å²) in [6.45, 7) is 7.86. The summed E-state index contributed by atoms with van der Waals surface area (Å²) < 4.78 is 8.60. The number of rotatable bonds is 16. The van der Waals surface area contributed by atoms with Gasteiger partial charge in [0.1, 0.15) is 5.75 Å². The van der Waals surface area contributed by atoms with E-state index < -0.39 is 0 Å². The fourth-order valence-electron chi connectivity index (χ4n) is 6.30. The predicted molar refractivity (Wildman–Crippen MR) is 159 cm³/mol.